The molecule has 0 aromatic rings. The van der Waals surface area contributed by atoms with Crippen molar-refractivity contribution < 1.29 is 4.12 Å². The quantitative estimate of drug-likeness (QED) is 0.668. The fourth-order valence-corrected chi connectivity index (χ4v) is 7.14. The van der Waals surface area contributed by atoms with Crippen LogP contribution in [0.4, 0.5) is 0 Å². The third-order valence-corrected chi connectivity index (χ3v) is 11.0. The average Bonchev–Trinajstić information content (AvgIpc) is 1.83. The van der Waals surface area contributed by atoms with E-state index in [4.69, 9.17) is 4.12 Å². The number of hydrogen-bond donors (Lipinski definition) is 0. The van der Waals surface area contributed by atoms with Gasteiger partial charge in [-0.2, -0.15) is 0 Å². The monoisotopic (exact) mass is 220 g/mol. The molecule has 0 bridgehead atoms. The second kappa shape index (κ2) is 4.23. The molecule has 0 unspecified atom stereocenters. The van der Waals surface area contributed by atoms with Crippen LogP contribution in [0.25, 0.3) is 0 Å². The van der Waals surface area contributed by atoms with Crippen molar-refractivity contribution >= 4 is 17.0 Å². The van der Waals surface area contributed by atoms with E-state index in [-0.39, 0.29) is 0 Å². The van der Waals surface area contributed by atoms with Crippen molar-refractivity contribution in [1.29, 1.82) is 0 Å². The molecule has 0 saturated heterocycles. The largest absolute Gasteiger partial charge is 0.433 e. The second-order valence-corrected chi connectivity index (χ2v) is 13.2. The van der Waals surface area contributed by atoms with E-state index < -0.39 is 17.0 Å². The lowest BCUT2D eigenvalue weighted by molar-refractivity contribution is 0.387. The fourth-order valence-electron chi connectivity index (χ4n) is 0.794. The molecule has 0 radical (unpaired) electrons. The zero-order valence-electron chi connectivity index (χ0n) is 10.3. The normalized spacial score (nSPS) is 14.3. The maximum absolute atomic E-state index is 6.28. The molecule has 0 N–H and O–H groups in total. The number of nitrogens with zero attached hydrogens (tertiary/aromatic N) is 2. The van der Waals surface area contributed by atoms with Crippen LogP contribution in [0.15, 0.2) is 0 Å². The first kappa shape index (κ1) is 13.3. The Hall–Kier alpha value is 0.314. The van der Waals surface area contributed by atoms with Gasteiger partial charge in [0.25, 0.3) is 17.0 Å². The minimum Gasteiger partial charge on any atom is -0.433 e. The molecule has 0 rings (SSSR count). The minimum absolute atomic E-state index is 1.63. The van der Waals surface area contributed by atoms with Gasteiger partial charge in [0, 0.05) is 0 Å². The van der Waals surface area contributed by atoms with Crippen LogP contribution >= 0.6 is 0 Å². The number of rotatable bonds is 4. The fraction of sp³-hybridized carbons (Fsp3) is 1.00. The van der Waals surface area contributed by atoms with E-state index in [1.807, 2.05) is 0 Å². The van der Waals surface area contributed by atoms with Gasteiger partial charge in [0.2, 0.25) is 0 Å². The second-order valence-electron chi connectivity index (χ2n) is 4.78. The molecule has 0 amide bonds. The van der Waals surface area contributed by atoms with Crippen molar-refractivity contribution in [2.75, 3.05) is 28.2 Å². The Morgan fingerprint density at radius 3 is 1.08 bits per heavy atom. The highest BCUT2D eigenvalue weighted by molar-refractivity contribution is 6.82. The van der Waals surface area contributed by atoms with Gasteiger partial charge in [-0.15, -0.1) is 0 Å². The van der Waals surface area contributed by atoms with E-state index in [1.54, 1.807) is 0 Å². The number of hydrogen-bond acceptors (Lipinski definition) is 3. The first-order valence-corrected chi connectivity index (χ1v) is 10.4. The Labute approximate surface area is 85.1 Å². The highest BCUT2D eigenvalue weighted by Crippen LogP contribution is 2.17. The van der Waals surface area contributed by atoms with Crippen molar-refractivity contribution in [3.05, 3.63) is 0 Å². The molecule has 0 fully saturated rings. The molecule has 0 heterocycles. The van der Waals surface area contributed by atoms with Crippen LogP contribution < -0.4 is 0 Å². The molecule has 0 aromatic heterocycles. The summed E-state index contributed by atoms with van der Waals surface area (Å²) in [5.41, 5.74) is 0. The smallest absolute Gasteiger partial charge is 0.255 e. The van der Waals surface area contributed by atoms with Gasteiger partial charge in [0.1, 0.15) is 0 Å². The van der Waals surface area contributed by atoms with Gasteiger partial charge in [-0.3, -0.25) is 0 Å². The summed E-state index contributed by atoms with van der Waals surface area (Å²) < 4.78 is 10.8. The molecule has 0 aromatic carbocycles. The van der Waals surface area contributed by atoms with Gasteiger partial charge in [-0.05, 0) is 54.4 Å². The Balaban J connectivity index is 4.42. The molecular formula is C8H24N2OSi2. The Bertz CT molecular complexity index is 152. The van der Waals surface area contributed by atoms with Crippen LogP contribution in [0.5, 0.6) is 0 Å². The third kappa shape index (κ3) is 3.91. The maximum Gasteiger partial charge on any atom is 0.255 e. The molecule has 0 spiro atoms. The van der Waals surface area contributed by atoms with Gasteiger partial charge < -0.3 is 13.2 Å². The summed E-state index contributed by atoms with van der Waals surface area (Å²) in [5.74, 6) is 0. The van der Waals surface area contributed by atoms with Crippen molar-refractivity contribution in [2.45, 2.75) is 26.2 Å². The third-order valence-electron chi connectivity index (χ3n) is 2.65. The Morgan fingerprint density at radius 1 is 0.692 bits per heavy atom. The predicted octanol–water partition coefficient (Wildman–Crippen LogP) is 1.53. The molecule has 0 aliphatic rings. The first-order valence-electron chi connectivity index (χ1n) is 4.64. The van der Waals surface area contributed by atoms with Crippen molar-refractivity contribution in [1.82, 2.24) is 9.13 Å². The van der Waals surface area contributed by atoms with Crippen LogP contribution in [0.1, 0.15) is 0 Å². The minimum atomic E-state index is -1.63. The molecule has 0 saturated carbocycles. The lowest BCUT2D eigenvalue weighted by Gasteiger charge is -2.40. The van der Waals surface area contributed by atoms with Crippen molar-refractivity contribution in [2.24, 2.45) is 0 Å². The van der Waals surface area contributed by atoms with Crippen LogP contribution in [-0.2, 0) is 4.12 Å². The Morgan fingerprint density at radius 2 is 0.923 bits per heavy atom. The van der Waals surface area contributed by atoms with Crippen LogP contribution in [0.3, 0.4) is 0 Å². The summed E-state index contributed by atoms with van der Waals surface area (Å²) in [5, 5.41) is 0. The molecule has 13 heavy (non-hydrogen) atoms. The zero-order chi connectivity index (χ0) is 10.9. The van der Waals surface area contributed by atoms with E-state index in [0.29, 0.717) is 0 Å². The predicted molar refractivity (Wildman–Crippen MR) is 63.4 cm³/mol. The van der Waals surface area contributed by atoms with Gasteiger partial charge in [0.05, 0.1) is 0 Å². The summed E-state index contributed by atoms with van der Waals surface area (Å²) in [4.78, 5) is 0. The summed E-state index contributed by atoms with van der Waals surface area (Å²) in [6.07, 6.45) is 0. The SMILES string of the molecule is CN(C)[Si](C)(C)O[Si](C)(C)N(C)C. The standard InChI is InChI=1S/C8H24N2OSi2/c1-9(2)12(5,6)11-13(7,8)10(3)4/h1-8H3. The van der Waals surface area contributed by atoms with E-state index >= 15 is 0 Å². The molecular weight excluding hydrogens is 196 g/mol. The van der Waals surface area contributed by atoms with Crippen molar-refractivity contribution in [3.8, 4) is 0 Å². The van der Waals surface area contributed by atoms with E-state index in [9.17, 15) is 0 Å². The summed E-state index contributed by atoms with van der Waals surface area (Å²) in [7, 11) is 5.16. The van der Waals surface area contributed by atoms with E-state index in [0.717, 1.165) is 0 Å². The summed E-state index contributed by atoms with van der Waals surface area (Å²) in [6, 6.07) is 0. The van der Waals surface area contributed by atoms with E-state index in [2.05, 4.69) is 63.5 Å². The molecule has 0 aliphatic heterocycles. The van der Waals surface area contributed by atoms with Crippen LogP contribution in [0.2, 0.25) is 26.2 Å². The molecule has 0 atom stereocenters. The molecule has 80 valence electrons. The zero-order valence-corrected chi connectivity index (χ0v) is 12.3. The van der Waals surface area contributed by atoms with Gasteiger partial charge >= 0.3 is 0 Å². The van der Waals surface area contributed by atoms with Gasteiger partial charge in [0.15, 0.2) is 0 Å². The summed E-state index contributed by atoms with van der Waals surface area (Å²) >= 11 is 0. The van der Waals surface area contributed by atoms with Crippen LogP contribution in [-0.4, -0.2) is 54.3 Å². The lowest BCUT2D eigenvalue weighted by Crippen LogP contribution is -2.59. The van der Waals surface area contributed by atoms with E-state index in [1.165, 1.54) is 0 Å². The molecule has 5 heteroatoms. The Kier molecular flexibility index (Phi) is 4.33. The molecule has 3 nitrogen and oxygen atoms in total. The van der Waals surface area contributed by atoms with Crippen molar-refractivity contribution in [3.63, 3.8) is 0 Å². The van der Waals surface area contributed by atoms with Gasteiger partial charge in [-0.25, -0.2) is 0 Å². The first-order chi connectivity index (χ1) is 5.59. The lowest BCUT2D eigenvalue weighted by atomic mass is 11.3. The maximum atomic E-state index is 6.28. The van der Waals surface area contributed by atoms with Crippen LogP contribution in [0, 0.1) is 0 Å². The average molecular weight is 220 g/mol. The summed E-state index contributed by atoms with van der Waals surface area (Å²) in [6.45, 7) is 8.97. The van der Waals surface area contributed by atoms with Gasteiger partial charge in [-0.1, -0.05) is 0 Å². The highest BCUT2D eigenvalue weighted by atomic mass is 28.4. The topological polar surface area (TPSA) is 15.7 Å². The molecule has 0 aliphatic carbocycles. The highest BCUT2D eigenvalue weighted by Gasteiger charge is 2.36.